The number of aliphatic hydroxyl groups is 1. The highest BCUT2D eigenvalue weighted by Gasteiger charge is 2.30. The van der Waals surface area contributed by atoms with E-state index < -0.39 is 12.5 Å². The fraction of sp³-hybridized carbons (Fsp3) is 0.375. The highest BCUT2D eigenvalue weighted by molar-refractivity contribution is 5.89. The van der Waals surface area contributed by atoms with Crippen molar-refractivity contribution in [2.24, 2.45) is 7.05 Å². The molecule has 2 aromatic heterocycles. The van der Waals surface area contributed by atoms with Gasteiger partial charge in [0.2, 0.25) is 0 Å². The minimum Gasteiger partial charge on any atom is -0.390 e. The Morgan fingerprint density at radius 3 is 2.79 bits per heavy atom. The summed E-state index contributed by atoms with van der Waals surface area (Å²) in [7, 11) is 1.69. The Bertz CT molecular complexity index is 1290. The van der Waals surface area contributed by atoms with Crippen molar-refractivity contribution in [1.29, 1.82) is 0 Å². The number of hydrogen-bond donors (Lipinski definition) is 3. The Hall–Kier alpha value is -3.17. The summed E-state index contributed by atoms with van der Waals surface area (Å²) in [6.45, 7) is 3.84. The number of benzene rings is 1. The van der Waals surface area contributed by atoms with Crippen molar-refractivity contribution in [2.75, 3.05) is 25.0 Å². The van der Waals surface area contributed by atoms with Crippen molar-refractivity contribution in [2.45, 2.75) is 32.2 Å². The molecule has 4 rings (SSSR count). The Labute approximate surface area is 190 Å². The Morgan fingerprint density at radius 1 is 1.30 bits per heavy atom. The van der Waals surface area contributed by atoms with E-state index in [0.717, 1.165) is 18.5 Å². The molecule has 0 amide bonds. The van der Waals surface area contributed by atoms with Crippen molar-refractivity contribution >= 4 is 22.4 Å². The number of nitrogens with zero attached hydrogens (tertiary/aromatic N) is 3. The molecule has 1 aromatic carbocycles. The molecule has 3 N–H and O–H groups in total. The molecule has 174 valence electrons. The van der Waals surface area contributed by atoms with E-state index in [-0.39, 0.29) is 17.2 Å². The van der Waals surface area contributed by atoms with Gasteiger partial charge < -0.3 is 15.7 Å². The first kappa shape index (κ1) is 23.0. The zero-order valence-electron chi connectivity index (χ0n) is 18.8. The normalized spacial score (nSPS) is 15.4. The third kappa shape index (κ3) is 4.51. The van der Waals surface area contributed by atoms with Gasteiger partial charge in [0.25, 0.3) is 11.5 Å². The molecule has 0 bridgehead atoms. The molecule has 0 fully saturated rings. The van der Waals surface area contributed by atoms with Gasteiger partial charge in [0, 0.05) is 30.8 Å². The lowest BCUT2D eigenvalue weighted by Gasteiger charge is -2.21. The number of pyridine rings is 1. The van der Waals surface area contributed by atoms with Crippen LogP contribution in [0.1, 0.15) is 41.9 Å². The molecule has 0 radical (unpaired) electrons. The number of nitrogens with one attached hydrogen (secondary N) is 2. The van der Waals surface area contributed by atoms with E-state index >= 15 is 0 Å². The molecule has 3 aromatic rings. The van der Waals surface area contributed by atoms with Gasteiger partial charge in [-0.05, 0) is 50.1 Å². The molecule has 7 nitrogen and oxygen atoms in total. The Kier molecular flexibility index (Phi) is 6.27. The molecule has 0 spiro atoms. The quantitative estimate of drug-likeness (QED) is 0.529. The van der Waals surface area contributed by atoms with Crippen LogP contribution in [-0.2, 0) is 13.0 Å². The predicted octanol–water partition coefficient (Wildman–Crippen LogP) is 3.27. The second-order valence-electron chi connectivity index (χ2n) is 8.32. The molecule has 0 saturated carbocycles. The van der Waals surface area contributed by atoms with Gasteiger partial charge in [-0.15, -0.1) is 0 Å². The fourth-order valence-electron chi connectivity index (χ4n) is 4.06. The predicted molar refractivity (Wildman–Crippen MR) is 124 cm³/mol. The Morgan fingerprint density at radius 2 is 2.09 bits per heavy atom. The van der Waals surface area contributed by atoms with Crippen molar-refractivity contribution < 1.29 is 13.9 Å². The van der Waals surface area contributed by atoms with E-state index in [4.69, 9.17) is 5.11 Å². The average molecular weight is 456 g/mol. The van der Waals surface area contributed by atoms with Crippen LogP contribution in [0.2, 0.25) is 0 Å². The monoisotopic (exact) mass is 455 g/mol. The van der Waals surface area contributed by atoms with Crippen LogP contribution in [0.15, 0.2) is 41.2 Å². The van der Waals surface area contributed by atoms with Gasteiger partial charge >= 0.3 is 0 Å². The minimum absolute atomic E-state index is 0.119. The number of rotatable bonds is 6. The molecular formula is C24H27F2N5O2. The summed E-state index contributed by atoms with van der Waals surface area (Å²) >= 11 is 0. The van der Waals surface area contributed by atoms with E-state index in [1.54, 1.807) is 26.1 Å². The number of fused-ring (bicyclic) bond motifs is 1. The van der Waals surface area contributed by atoms with Crippen LogP contribution in [0.4, 0.5) is 14.6 Å². The lowest BCUT2D eigenvalue weighted by Crippen LogP contribution is -2.26. The van der Waals surface area contributed by atoms with Crippen LogP contribution in [-0.4, -0.2) is 39.3 Å². The van der Waals surface area contributed by atoms with E-state index in [0.29, 0.717) is 40.3 Å². The molecule has 1 aliphatic heterocycles. The highest BCUT2D eigenvalue weighted by Crippen LogP contribution is 2.31. The summed E-state index contributed by atoms with van der Waals surface area (Å²) in [5.41, 5.74) is 2.35. The van der Waals surface area contributed by atoms with Crippen molar-refractivity contribution in [1.82, 2.24) is 19.9 Å². The van der Waals surface area contributed by atoms with Crippen molar-refractivity contribution in [3.05, 3.63) is 69.3 Å². The van der Waals surface area contributed by atoms with E-state index in [2.05, 4.69) is 20.6 Å². The maximum atomic E-state index is 14.0. The molecule has 1 atom stereocenters. The minimum atomic E-state index is -3.32. The van der Waals surface area contributed by atoms with Gasteiger partial charge in [0.1, 0.15) is 23.9 Å². The second-order valence-corrected chi connectivity index (χ2v) is 8.32. The Balaban J connectivity index is 1.78. The van der Waals surface area contributed by atoms with Crippen LogP contribution < -0.4 is 16.2 Å². The summed E-state index contributed by atoms with van der Waals surface area (Å²) in [6.07, 6.45) is 2.77. The van der Waals surface area contributed by atoms with Gasteiger partial charge in [-0.2, -0.15) is 8.78 Å². The van der Waals surface area contributed by atoms with Crippen LogP contribution in [0.3, 0.4) is 0 Å². The summed E-state index contributed by atoms with van der Waals surface area (Å²) in [5, 5.41) is 16.3. The van der Waals surface area contributed by atoms with Crippen molar-refractivity contribution in [3.8, 4) is 0 Å². The molecule has 33 heavy (non-hydrogen) atoms. The van der Waals surface area contributed by atoms with E-state index in [1.807, 2.05) is 19.1 Å². The molecule has 0 aliphatic carbocycles. The van der Waals surface area contributed by atoms with Gasteiger partial charge in [-0.1, -0.05) is 24.3 Å². The molecular weight excluding hydrogens is 428 g/mol. The standard InChI is InChI=1S/C24H27F2N5O2/c1-14(17-5-4-6-18(11-17)24(25,26)13-32)28-21-20-12-19(16-7-9-27-10-8-16)23(33)31(3)22(20)30-15(2)29-21/h4-7,11-12,14,27,32H,8-10,13H2,1-3H3,(H,28,29,30). The largest absolute Gasteiger partial charge is 0.390 e. The van der Waals surface area contributed by atoms with Crippen molar-refractivity contribution in [3.63, 3.8) is 0 Å². The SMILES string of the molecule is Cc1nc(NC(C)c2cccc(C(F)(F)CO)c2)c2cc(C3=CCNCC3)c(=O)n(C)c2n1. The van der Waals surface area contributed by atoms with Gasteiger partial charge in [-0.25, -0.2) is 9.97 Å². The van der Waals surface area contributed by atoms with Crippen LogP contribution in [0.25, 0.3) is 16.6 Å². The number of alkyl halides is 2. The number of anilines is 1. The van der Waals surface area contributed by atoms with Crippen LogP contribution in [0, 0.1) is 6.92 Å². The zero-order chi connectivity index (χ0) is 23.8. The first-order chi connectivity index (χ1) is 15.7. The molecule has 1 unspecified atom stereocenters. The van der Waals surface area contributed by atoms with Gasteiger partial charge in [0.05, 0.1) is 5.39 Å². The zero-order valence-corrected chi connectivity index (χ0v) is 18.8. The fourth-order valence-corrected chi connectivity index (χ4v) is 4.06. The van der Waals surface area contributed by atoms with Crippen LogP contribution in [0.5, 0.6) is 0 Å². The van der Waals surface area contributed by atoms with Gasteiger partial charge in [-0.3, -0.25) is 9.36 Å². The lowest BCUT2D eigenvalue weighted by molar-refractivity contribution is -0.0556. The van der Waals surface area contributed by atoms with Gasteiger partial charge in [0.15, 0.2) is 0 Å². The summed E-state index contributed by atoms with van der Waals surface area (Å²) in [5.74, 6) is -2.30. The number of hydrogen-bond acceptors (Lipinski definition) is 6. The topological polar surface area (TPSA) is 92.1 Å². The molecule has 3 heterocycles. The summed E-state index contributed by atoms with van der Waals surface area (Å²) < 4.78 is 29.5. The first-order valence-corrected chi connectivity index (χ1v) is 10.9. The van der Waals surface area contributed by atoms with E-state index in [1.165, 1.54) is 16.7 Å². The second kappa shape index (κ2) is 8.99. The smallest absolute Gasteiger partial charge is 0.295 e. The third-order valence-corrected chi connectivity index (χ3v) is 5.95. The van der Waals surface area contributed by atoms with Crippen LogP contribution >= 0.6 is 0 Å². The number of aliphatic hydroxyl groups excluding tert-OH is 1. The first-order valence-electron chi connectivity index (χ1n) is 10.9. The maximum Gasteiger partial charge on any atom is 0.295 e. The molecule has 0 saturated heterocycles. The molecule has 9 heteroatoms. The lowest BCUT2D eigenvalue weighted by atomic mass is 10.00. The van der Waals surface area contributed by atoms with E-state index in [9.17, 15) is 13.6 Å². The third-order valence-electron chi connectivity index (χ3n) is 5.95. The average Bonchev–Trinajstić information content (AvgIpc) is 2.82. The molecule has 1 aliphatic rings. The summed E-state index contributed by atoms with van der Waals surface area (Å²) in [6, 6.07) is 7.42. The number of aromatic nitrogens is 3. The number of aryl methyl sites for hydroxylation is 2. The number of halogens is 2. The highest BCUT2D eigenvalue weighted by atomic mass is 19.3. The maximum absolute atomic E-state index is 14.0. The summed E-state index contributed by atoms with van der Waals surface area (Å²) in [4.78, 5) is 22.1.